The summed E-state index contributed by atoms with van der Waals surface area (Å²) in [5.41, 5.74) is 0.167. The summed E-state index contributed by atoms with van der Waals surface area (Å²) in [4.78, 5) is 23.6. The van der Waals surface area contributed by atoms with Gasteiger partial charge in [0.25, 0.3) is 11.7 Å². The molecule has 1 aromatic carbocycles. The number of hydrogen-bond donors (Lipinski definition) is 1. The first-order valence-corrected chi connectivity index (χ1v) is 7.35. The SMILES string of the molecule is Cn1cc(C(=O)Nc2cccc(Cl)c2SC(F)F)ccc1=O. The zero-order valence-electron chi connectivity index (χ0n) is 11.3. The molecule has 0 radical (unpaired) electrons. The van der Waals surface area contributed by atoms with Gasteiger partial charge in [0.05, 0.1) is 21.2 Å². The fourth-order valence-corrected chi connectivity index (χ4v) is 2.65. The zero-order chi connectivity index (χ0) is 16.3. The van der Waals surface area contributed by atoms with Crippen molar-refractivity contribution in [1.29, 1.82) is 0 Å². The fourth-order valence-electron chi connectivity index (χ4n) is 1.74. The Morgan fingerprint density at radius 2 is 2.05 bits per heavy atom. The average molecular weight is 345 g/mol. The van der Waals surface area contributed by atoms with Gasteiger partial charge in [0.15, 0.2) is 0 Å². The maximum Gasteiger partial charge on any atom is 0.289 e. The van der Waals surface area contributed by atoms with Crippen LogP contribution in [0.1, 0.15) is 10.4 Å². The molecule has 1 aromatic heterocycles. The van der Waals surface area contributed by atoms with E-state index in [2.05, 4.69) is 5.32 Å². The van der Waals surface area contributed by atoms with Crippen LogP contribution < -0.4 is 10.9 Å². The summed E-state index contributed by atoms with van der Waals surface area (Å²) < 4.78 is 26.4. The molecule has 4 nitrogen and oxygen atoms in total. The maximum absolute atomic E-state index is 12.6. The molecule has 0 fully saturated rings. The van der Waals surface area contributed by atoms with Crippen molar-refractivity contribution in [2.75, 3.05) is 5.32 Å². The smallest absolute Gasteiger partial charge is 0.289 e. The number of halogens is 3. The molecule has 0 saturated heterocycles. The van der Waals surface area contributed by atoms with E-state index in [4.69, 9.17) is 11.6 Å². The second-order valence-electron chi connectivity index (χ2n) is 4.32. The molecule has 2 rings (SSSR count). The number of aromatic nitrogens is 1. The highest BCUT2D eigenvalue weighted by Crippen LogP contribution is 2.37. The normalized spacial score (nSPS) is 10.8. The van der Waals surface area contributed by atoms with Gasteiger partial charge in [-0.15, -0.1) is 0 Å². The number of hydrogen-bond acceptors (Lipinski definition) is 3. The second kappa shape index (κ2) is 6.93. The number of alkyl halides is 2. The Kier molecular flexibility index (Phi) is 5.20. The Labute approximate surface area is 134 Å². The van der Waals surface area contributed by atoms with Gasteiger partial charge in [-0.05, 0) is 18.2 Å². The van der Waals surface area contributed by atoms with Crippen molar-refractivity contribution < 1.29 is 13.6 Å². The molecule has 0 bridgehead atoms. The molecule has 0 aliphatic rings. The van der Waals surface area contributed by atoms with Crippen LogP contribution in [0.3, 0.4) is 0 Å². The minimum Gasteiger partial charge on any atom is -0.321 e. The van der Waals surface area contributed by atoms with Gasteiger partial charge in [0, 0.05) is 19.3 Å². The molecule has 8 heteroatoms. The molecule has 0 spiro atoms. The molecule has 0 unspecified atom stereocenters. The number of benzene rings is 1. The number of rotatable bonds is 4. The summed E-state index contributed by atoms with van der Waals surface area (Å²) in [6.07, 6.45) is 1.36. The summed E-state index contributed by atoms with van der Waals surface area (Å²) in [6.45, 7) is 0. The van der Waals surface area contributed by atoms with Crippen LogP contribution in [0.25, 0.3) is 0 Å². The van der Waals surface area contributed by atoms with E-state index in [1.54, 1.807) is 6.07 Å². The predicted octanol–water partition coefficient (Wildman–Crippen LogP) is 3.61. The van der Waals surface area contributed by atoms with E-state index in [0.29, 0.717) is 0 Å². The minimum absolute atomic E-state index is 0.0948. The number of carbonyl (C=O) groups is 1. The average Bonchev–Trinajstić information content (AvgIpc) is 2.45. The van der Waals surface area contributed by atoms with Crippen LogP contribution in [-0.2, 0) is 7.05 Å². The Hall–Kier alpha value is -1.86. The van der Waals surface area contributed by atoms with Gasteiger partial charge in [-0.1, -0.05) is 29.4 Å². The lowest BCUT2D eigenvalue weighted by Crippen LogP contribution is -2.19. The van der Waals surface area contributed by atoms with Gasteiger partial charge < -0.3 is 9.88 Å². The Bertz CT molecular complexity index is 765. The van der Waals surface area contributed by atoms with Gasteiger partial charge in [-0.2, -0.15) is 8.78 Å². The number of pyridine rings is 1. The van der Waals surface area contributed by atoms with Gasteiger partial charge in [-0.3, -0.25) is 9.59 Å². The van der Waals surface area contributed by atoms with Crippen molar-refractivity contribution in [2.45, 2.75) is 10.7 Å². The first-order chi connectivity index (χ1) is 10.4. The molecule has 1 heterocycles. The number of nitrogens with zero attached hydrogens (tertiary/aromatic N) is 1. The van der Waals surface area contributed by atoms with Gasteiger partial charge in [-0.25, -0.2) is 0 Å². The van der Waals surface area contributed by atoms with E-state index >= 15 is 0 Å². The third-order valence-corrected chi connectivity index (χ3v) is 4.05. The highest BCUT2D eigenvalue weighted by molar-refractivity contribution is 7.99. The number of amides is 1. The van der Waals surface area contributed by atoms with Crippen molar-refractivity contribution in [3.63, 3.8) is 0 Å². The lowest BCUT2D eigenvalue weighted by molar-refractivity contribution is 0.102. The lowest BCUT2D eigenvalue weighted by atomic mass is 10.2. The molecular weight excluding hydrogens is 334 g/mol. The quantitative estimate of drug-likeness (QED) is 0.862. The van der Waals surface area contributed by atoms with Crippen molar-refractivity contribution in [2.24, 2.45) is 7.05 Å². The van der Waals surface area contributed by atoms with E-state index in [-0.39, 0.29) is 38.5 Å². The maximum atomic E-state index is 12.6. The largest absolute Gasteiger partial charge is 0.321 e. The second-order valence-corrected chi connectivity index (χ2v) is 5.72. The zero-order valence-corrected chi connectivity index (χ0v) is 12.9. The molecule has 0 atom stereocenters. The monoisotopic (exact) mass is 344 g/mol. The molecule has 0 saturated carbocycles. The van der Waals surface area contributed by atoms with Gasteiger partial charge >= 0.3 is 0 Å². The highest BCUT2D eigenvalue weighted by atomic mass is 35.5. The van der Waals surface area contributed by atoms with Crippen LogP contribution in [-0.4, -0.2) is 16.2 Å². The number of aryl methyl sites for hydroxylation is 1. The van der Waals surface area contributed by atoms with Crippen molar-refractivity contribution >= 4 is 35.0 Å². The molecule has 116 valence electrons. The molecule has 22 heavy (non-hydrogen) atoms. The third kappa shape index (κ3) is 3.86. The summed E-state index contributed by atoms with van der Waals surface area (Å²) in [5, 5.41) is 2.66. The Morgan fingerprint density at radius 1 is 1.32 bits per heavy atom. The molecule has 2 aromatic rings. The topological polar surface area (TPSA) is 51.1 Å². The molecule has 1 amide bonds. The third-order valence-electron chi connectivity index (χ3n) is 2.77. The molecule has 0 aliphatic heterocycles. The van der Waals surface area contributed by atoms with Crippen LogP contribution in [0.15, 0.2) is 46.2 Å². The van der Waals surface area contributed by atoms with E-state index in [9.17, 15) is 18.4 Å². The number of nitrogens with one attached hydrogen (secondary N) is 1. The molecular formula is C14H11ClF2N2O2S. The molecule has 1 N–H and O–H groups in total. The molecule has 0 aliphatic carbocycles. The van der Waals surface area contributed by atoms with Crippen molar-refractivity contribution in [3.8, 4) is 0 Å². The van der Waals surface area contributed by atoms with E-state index in [1.807, 2.05) is 0 Å². The minimum atomic E-state index is -2.66. The van der Waals surface area contributed by atoms with Gasteiger partial charge in [0.1, 0.15) is 0 Å². The van der Waals surface area contributed by atoms with E-state index in [0.717, 1.165) is 0 Å². The van der Waals surface area contributed by atoms with Crippen LogP contribution in [0, 0.1) is 0 Å². The fraction of sp³-hybridized carbons (Fsp3) is 0.143. The number of thioether (sulfide) groups is 1. The van der Waals surface area contributed by atoms with Crippen LogP contribution >= 0.6 is 23.4 Å². The van der Waals surface area contributed by atoms with E-state index in [1.165, 1.54) is 42.1 Å². The summed E-state index contributed by atoms with van der Waals surface area (Å²) >= 11 is 6.16. The number of carbonyl (C=O) groups excluding carboxylic acids is 1. The first kappa shape index (κ1) is 16.5. The Balaban J connectivity index is 2.30. The Morgan fingerprint density at radius 3 is 2.68 bits per heavy atom. The number of anilines is 1. The van der Waals surface area contributed by atoms with Crippen LogP contribution in [0.5, 0.6) is 0 Å². The first-order valence-electron chi connectivity index (χ1n) is 6.10. The standard InChI is InChI=1S/C14H11ClF2N2O2S/c1-19-7-8(5-6-11(19)20)13(21)18-10-4-2-3-9(15)12(10)22-14(16)17/h2-7,14H,1H3,(H,18,21). The predicted molar refractivity (Wildman–Crippen MR) is 82.9 cm³/mol. The highest BCUT2D eigenvalue weighted by Gasteiger charge is 2.16. The van der Waals surface area contributed by atoms with Crippen LogP contribution in [0.2, 0.25) is 5.02 Å². The van der Waals surface area contributed by atoms with Crippen molar-refractivity contribution in [1.82, 2.24) is 4.57 Å². The summed E-state index contributed by atoms with van der Waals surface area (Å²) in [6, 6.07) is 7.11. The van der Waals surface area contributed by atoms with Crippen molar-refractivity contribution in [3.05, 3.63) is 57.5 Å². The van der Waals surface area contributed by atoms with Gasteiger partial charge in [0.2, 0.25) is 5.56 Å². The summed E-state index contributed by atoms with van der Waals surface area (Å²) in [7, 11) is 1.51. The summed E-state index contributed by atoms with van der Waals surface area (Å²) in [5.74, 6) is -3.18. The van der Waals surface area contributed by atoms with E-state index < -0.39 is 11.7 Å². The van der Waals surface area contributed by atoms with Crippen LogP contribution in [0.4, 0.5) is 14.5 Å². The lowest BCUT2D eigenvalue weighted by Gasteiger charge is -2.12.